The number of halogens is 3. The Hall–Kier alpha value is -2.88. The lowest BCUT2D eigenvalue weighted by atomic mass is 10.2. The number of esters is 1. The van der Waals surface area contributed by atoms with Crippen molar-refractivity contribution < 1.29 is 27.8 Å². The number of hydrogen-bond donors (Lipinski definition) is 3. The summed E-state index contributed by atoms with van der Waals surface area (Å²) >= 11 is 0. The SMILES string of the molecule is COC(=O)c1ccc(Nc2cc(C(F)(F)F)nc(NCCCO)n2)cc1. The summed E-state index contributed by atoms with van der Waals surface area (Å²) < 4.78 is 43.6. The van der Waals surface area contributed by atoms with E-state index in [9.17, 15) is 18.0 Å². The number of carbonyl (C=O) groups excluding carboxylic acids is 1. The smallest absolute Gasteiger partial charge is 0.433 e. The van der Waals surface area contributed by atoms with Crippen LogP contribution in [0.3, 0.4) is 0 Å². The highest BCUT2D eigenvalue weighted by atomic mass is 19.4. The zero-order valence-electron chi connectivity index (χ0n) is 13.8. The summed E-state index contributed by atoms with van der Waals surface area (Å²) in [6.07, 6.45) is -4.29. The number of benzene rings is 1. The van der Waals surface area contributed by atoms with Crippen LogP contribution in [0, 0.1) is 0 Å². The zero-order valence-corrected chi connectivity index (χ0v) is 13.8. The quantitative estimate of drug-likeness (QED) is 0.509. The minimum atomic E-state index is -4.64. The molecule has 0 amide bonds. The van der Waals surface area contributed by atoms with E-state index < -0.39 is 17.8 Å². The van der Waals surface area contributed by atoms with Crippen LogP contribution in [0.4, 0.5) is 30.6 Å². The average Bonchev–Trinajstić information content (AvgIpc) is 2.61. The summed E-state index contributed by atoms with van der Waals surface area (Å²) in [6.45, 7) is 0.120. The molecule has 0 aliphatic rings. The average molecular weight is 370 g/mol. The van der Waals surface area contributed by atoms with E-state index in [1.165, 1.54) is 31.4 Å². The number of ether oxygens (including phenoxy) is 1. The molecule has 1 aromatic heterocycles. The van der Waals surface area contributed by atoms with Gasteiger partial charge in [0.25, 0.3) is 0 Å². The lowest BCUT2D eigenvalue weighted by Gasteiger charge is -2.13. The van der Waals surface area contributed by atoms with Crippen molar-refractivity contribution in [1.29, 1.82) is 0 Å². The molecule has 3 N–H and O–H groups in total. The van der Waals surface area contributed by atoms with Crippen molar-refractivity contribution in [2.24, 2.45) is 0 Å². The van der Waals surface area contributed by atoms with Crippen molar-refractivity contribution >= 4 is 23.4 Å². The number of aliphatic hydroxyl groups is 1. The molecule has 0 unspecified atom stereocenters. The van der Waals surface area contributed by atoms with Gasteiger partial charge < -0.3 is 20.5 Å². The molecule has 0 saturated carbocycles. The van der Waals surface area contributed by atoms with Gasteiger partial charge in [0.1, 0.15) is 5.82 Å². The number of hydrogen-bond acceptors (Lipinski definition) is 7. The monoisotopic (exact) mass is 370 g/mol. The third kappa shape index (κ3) is 5.31. The van der Waals surface area contributed by atoms with Gasteiger partial charge in [-0.25, -0.2) is 9.78 Å². The van der Waals surface area contributed by atoms with E-state index in [1.54, 1.807) is 0 Å². The van der Waals surface area contributed by atoms with Gasteiger partial charge in [-0.3, -0.25) is 0 Å². The molecule has 10 heteroatoms. The van der Waals surface area contributed by atoms with E-state index in [0.717, 1.165) is 6.07 Å². The highest BCUT2D eigenvalue weighted by Gasteiger charge is 2.33. The summed E-state index contributed by atoms with van der Waals surface area (Å²) in [7, 11) is 1.25. The molecular formula is C16H17F3N4O3. The molecule has 0 atom stereocenters. The molecule has 0 aliphatic carbocycles. The normalized spacial score (nSPS) is 11.1. The molecule has 26 heavy (non-hydrogen) atoms. The lowest BCUT2D eigenvalue weighted by Crippen LogP contribution is -2.14. The second kappa shape index (κ2) is 8.48. The van der Waals surface area contributed by atoms with Gasteiger partial charge in [0, 0.05) is 24.9 Å². The van der Waals surface area contributed by atoms with Crippen LogP contribution < -0.4 is 10.6 Å². The van der Waals surface area contributed by atoms with Gasteiger partial charge in [-0.15, -0.1) is 0 Å². The number of nitrogens with zero attached hydrogens (tertiary/aromatic N) is 2. The van der Waals surface area contributed by atoms with Crippen LogP contribution in [0.5, 0.6) is 0 Å². The number of alkyl halides is 3. The van der Waals surface area contributed by atoms with Gasteiger partial charge in [0.05, 0.1) is 12.7 Å². The van der Waals surface area contributed by atoms with Crippen molar-refractivity contribution in [3.05, 3.63) is 41.6 Å². The van der Waals surface area contributed by atoms with E-state index in [-0.39, 0.29) is 24.9 Å². The predicted octanol–water partition coefficient (Wildman–Crippen LogP) is 2.82. The van der Waals surface area contributed by atoms with Crippen molar-refractivity contribution in [3.8, 4) is 0 Å². The van der Waals surface area contributed by atoms with Gasteiger partial charge in [-0.05, 0) is 30.7 Å². The second-order valence-electron chi connectivity index (χ2n) is 5.16. The summed E-state index contributed by atoms with van der Waals surface area (Å²) in [6, 6.07) is 6.76. The van der Waals surface area contributed by atoms with E-state index in [4.69, 9.17) is 5.11 Å². The van der Waals surface area contributed by atoms with Crippen LogP contribution in [-0.4, -0.2) is 41.3 Å². The molecular weight excluding hydrogens is 353 g/mol. The molecule has 1 heterocycles. The molecule has 0 saturated heterocycles. The number of anilines is 3. The number of aliphatic hydroxyl groups excluding tert-OH is 1. The fourth-order valence-electron chi connectivity index (χ4n) is 1.97. The first-order chi connectivity index (χ1) is 12.3. The molecule has 0 fully saturated rings. The Morgan fingerprint density at radius 1 is 1.23 bits per heavy atom. The molecule has 7 nitrogen and oxygen atoms in total. The Bertz CT molecular complexity index is 751. The van der Waals surface area contributed by atoms with Crippen LogP contribution >= 0.6 is 0 Å². The Morgan fingerprint density at radius 2 is 1.92 bits per heavy atom. The minimum absolute atomic E-state index is 0.0651. The van der Waals surface area contributed by atoms with Gasteiger partial charge in [0.15, 0.2) is 5.69 Å². The van der Waals surface area contributed by atoms with Crippen molar-refractivity contribution in [2.45, 2.75) is 12.6 Å². The van der Waals surface area contributed by atoms with Crippen molar-refractivity contribution in [1.82, 2.24) is 9.97 Å². The number of rotatable bonds is 7. The molecule has 0 aliphatic heterocycles. The van der Waals surface area contributed by atoms with Crippen LogP contribution in [-0.2, 0) is 10.9 Å². The minimum Gasteiger partial charge on any atom is -0.465 e. The van der Waals surface area contributed by atoms with Crippen molar-refractivity contribution in [2.75, 3.05) is 30.9 Å². The first-order valence-corrected chi connectivity index (χ1v) is 7.60. The van der Waals surface area contributed by atoms with E-state index in [1.807, 2.05) is 0 Å². The highest BCUT2D eigenvalue weighted by molar-refractivity contribution is 5.89. The summed E-state index contributed by atoms with van der Waals surface area (Å²) in [4.78, 5) is 18.8. The number of aromatic nitrogens is 2. The molecule has 2 rings (SSSR count). The van der Waals surface area contributed by atoms with Gasteiger partial charge in [-0.2, -0.15) is 18.2 Å². The Kier molecular flexibility index (Phi) is 6.34. The summed E-state index contributed by atoms with van der Waals surface area (Å²) in [5, 5.41) is 14.1. The molecule has 0 spiro atoms. The molecule has 140 valence electrons. The lowest BCUT2D eigenvalue weighted by molar-refractivity contribution is -0.141. The summed E-state index contributed by atoms with van der Waals surface area (Å²) in [5.74, 6) is -0.792. The first-order valence-electron chi connectivity index (χ1n) is 7.60. The van der Waals surface area contributed by atoms with Crippen LogP contribution in [0.25, 0.3) is 0 Å². The maximum absolute atomic E-state index is 13.0. The first kappa shape index (κ1) is 19.4. The van der Waals surface area contributed by atoms with Gasteiger partial charge in [0.2, 0.25) is 5.95 Å². The Balaban J connectivity index is 2.23. The largest absolute Gasteiger partial charge is 0.465 e. The van der Waals surface area contributed by atoms with Crippen LogP contribution in [0.1, 0.15) is 22.5 Å². The molecule has 1 aromatic carbocycles. The number of methoxy groups -OCH3 is 1. The van der Waals surface area contributed by atoms with Crippen molar-refractivity contribution in [3.63, 3.8) is 0 Å². The predicted molar refractivity (Wildman–Crippen MR) is 88.3 cm³/mol. The second-order valence-corrected chi connectivity index (χ2v) is 5.16. The van der Waals surface area contributed by atoms with E-state index >= 15 is 0 Å². The zero-order chi connectivity index (χ0) is 19.2. The van der Waals surface area contributed by atoms with Gasteiger partial charge in [-0.1, -0.05) is 0 Å². The Labute approximate surface area is 147 Å². The number of carbonyl (C=O) groups is 1. The third-order valence-electron chi connectivity index (χ3n) is 3.21. The van der Waals surface area contributed by atoms with Crippen LogP contribution in [0.2, 0.25) is 0 Å². The topological polar surface area (TPSA) is 96.4 Å². The maximum Gasteiger partial charge on any atom is 0.433 e. The van der Waals surface area contributed by atoms with Gasteiger partial charge >= 0.3 is 12.1 Å². The summed E-state index contributed by atoms with van der Waals surface area (Å²) in [5.41, 5.74) is -0.360. The standard InChI is InChI=1S/C16H17F3N4O3/c1-26-14(25)10-3-5-11(6-4-10)21-13-9-12(16(17,18)19)22-15(23-13)20-7-2-8-24/h3-6,9,24H,2,7-8H2,1H3,(H2,20,21,22,23). The van der Waals surface area contributed by atoms with Crippen LogP contribution in [0.15, 0.2) is 30.3 Å². The molecule has 2 aromatic rings. The fraction of sp³-hybridized carbons (Fsp3) is 0.312. The fourth-order valence-corrected chi connectivity index (χ4v) is 1.97. The molecule has 0 radical (unpaired) electrons. The van der Waals surface area contributed by atoms with E-state index in [2.05, 4.69) is 25.3 Å². The molecule has 0 bridgehead atoms. The number of nitrogens with one attached hydrogen (secondary N) is 2. The Morgan fingerprint density at radius 3 is 2.50 bits per heavy atom. The highest BCUT2D eigenvalue weighted by Crippen LogP contribution is 2.30. The third-order valence-corrected chi connectivity index (χ3v) is 3.21. The maximum atomic E-state index is 13.0. The van der Waals surface area contributed by atoms with E-state index in [0.29, 0.717) is 17.7 Å².